The third-order valence-electron chi connectivity index (χ3n) is 11.3. The van der Waals surface area contributed by atoms with Gasteiger partial charge in [0.15, 0.2) is 5.78 Å². The van der Waals surface area contributed by atoms with E-state index in [0.717, 1.165) is 13.3 Å². The van der Waals surface area contributed by atoms with Crippen LogP contribution in [0.4, 0.5) is 0 Å². The predicted octanol–water partition coefficient (Wildman–Crippen LogP) is -0.619. The molecule has 1 aliphatic carbocycles. The second-order valence-electron chi connectivity index (χ2n) is 16.4. The minimum Gasteiger partial charge on any atom is -0.481 e. The van der Waals surface area contributed by atoms with Crippen molar-refractivity contribution in [1.29, 1.82) is 0 Å². The number of carboxylic acids is 3. The molecule has 2 heterocycles. The molecule has 2 saturated heterocycles. The van der Waals surface area contributed by atoms with Crippen molar-refractivity contribution in [2.75, 3.05) is 24.6 Å². The van der Waals surface area contributed by atoms with Crippen molar-refractivity contribution in [2.24, 2.45) is 23.5 Å². The first kappa shape index (κ1) is 52.7. The summed E-state index contributed by atoms with van der Waals surface area (Å²) >= 11 is 2.82. The summed E-state index contributed by atoms with van der Waals surface area (Å²) in [4.78, 5) is 144. The van der Waals surface area contributed by atoms with Gasteiger partial charge in [-0.3, -0.25) is 57.6 Å². The summed E-state index contributed by atoms with van der Waals surface area (Å²) in [6.07, 6.45) is 1.93. The van der Waals surface area contributed by atoms with Crippen LogP contribution in [-0.2, 0) is 52.7 Å². The van der Waals surface area contributed by atoms with E-state index in [1.807, 2.05) is 0 Å². The Bertz CT molecular complexity index is 1750. The van der Waals surface area contributed by atoms with Gasteiger partial charge < -0.3 is 47.6 Å². The number of hydrogen-bond acceptors (Lipinski definition) is 15. The summed E-state index contributed by atoms with van der Waals surface area (Å²) in [6, 6.07) is -8.34. The van der Waals surface area contributed by atoms with Crippen LogP contribution in [0, 0.1) is 17.8 Å². The number of aliphatic carboxylic acids is 3. The Labute approximate surface area is 373 Å². The van der Waals surface area contributed by atoms with Crippen LogP contribution < -0.4 is 32.3 Å². The minimum atomic E-state index is -1.58. The fourth-order valence-electron chi connectivity index (χ4n) is 8.09. The fourth-order valence-corrected chi connectivity index (χ4v) is 11.5. The maximum atomic E-state index is 15.2. The Hall–Kier alpha value is -4.61. The topological polar surface area (TPSA) is 338 Å². The number of amides is 6. The molecule has 3 rings (SSSR count). The summed E-state index contributed by atoms with van der Waals surface area (Å²) in [7, 11) is 0. The lowest BCUT2D eigenvalue weighted by Gasteiger charge is -2.38. The monoisotopic (exact) mass is 927 g/mol. The summed E-state index contributed by atoms with van der Waals surface area (Å²) in [6.45, 7) is 4.95. The zero-order valence-electron chi connectivity index (χ0n) is 36.0. The molecular weight excluding hydrogens is 867 g/mol. The van der Waals surface area contributed by atoms with Crippen molar-refractivity contribution in [3.05, 3.63) is 0 Å². The molecule has 1 spiro atoms. The third-order valence-corrected chi connectivity index (χ3v) is 14.8. The highest BCUT2D eigenvalue weighted by Crippen LogP contribution is 2.53. The van der Waals surface area contributed by atoms with Crippen molar-refractivity contribution in [3.63, 3.8) is 0 Å². The highest BCUT2D eigenvalue weighted by atomic mass is 32.2. The average Bonchev–Trinajstić information content (AvgIpc) is 3.86. The zero-order valence-corrected chi connectivity index (χ0v) is 37.6. The fraction of sp³-hybridized carbons (Fsp3) is 0.725. The average molecular weight is 928 g/mol. The van der Waals surface area contributed by atoms with Crippen LogP contribution in [0.1, 0.15) is 98.3 Å². The molecule has 4 unspecified atom stereocenters. The first-order valence-electron chi connectivity index (χ1n) is 21.2. The predicted molar refractivity (Wildman–Crippen MR) is 229 cm³/mol. The summed E-state index contributed by atoms with van der Waals surface area (Å²) in [5.41, 5.74) is 5.91. The normalized spacial score (nSPS) is 20.7. The molecule has 0 aromatic heterocycles. The van der Waals surface area contributed by atoms with Crippen molar-refractivity contribution < 1.29 is 68.1 Å². The molecule has 352 valence electrons. The lowest BCUT2D eigenvalue weighted by atomic mass is 9.77. The van der Waals surface area contributed by atoms with Crippen LogP contribution in [-0.4, -0.2) is 150 Å². The number of carbonyl (C=O) groups excluding carboxylic acids is 8. The van der Waals surface area contributed by atoms with Crippen molar-refractivity contribution in [2.45, 2.75) is 139 Å². The minimum absolute atomic E-state index is 0.0894. The van der Waals surface area contributed by atoms with Gasteiger partial charge in [0.25, 0.3) is 5.91 Å². The van der Waals surface area contributed by atoms with Gasteiger partial charge in [0, 0.05) is 37.8 Å². The van der Waals surface area contributed by atoms with Gasteiger partial charge in [-0.2, -0.15) is 0 Å². The Balaban J connectivity index is 1.99. The smallest absolute Gasteiger partial charge is 0.323 e. The molecule has 21 nitrogen and oxygen atoms in total. The summed E-state index contributed by atoms with van der Waals surface area (Å²) in [5.74, 6) is -13.0. The molecule has 2 aliphatic heterocycles. The Kier molecular flexibility index (Phi) is 20.5. The molecule has 1 saturated carbocycles. The summed E-state index contributed by atoms with van der Waals surface area (Å²) in [5, 5.41) is 41.5. The van der Waals surface area contributed by atoms with E-state index in [2.05, 4.69) is 26.6 Å². The van der Waals surface area contributed by atoms with Gasteiger partial charge in [0.1, 0.15) is 24.7 Å². The molecule has 3 aliphatic rings. The molecule has 3 fully saturated rings. The number of ketones is 2. The van der Waals surface area contributed by atoms with E-state index in [0.29, 0.717) is 48.5 Å². The number of nitrogens with zero attached hydrogens (tertiary/aromatic N) is 1. The van der Waals surface area contributed by atoms with E-state index >= 15 is 4.79 Å². The van der Waals surface area contributed by atoms with Gasteiger partial charge in [0.05, 0.1) is 28.1 Å². The number of hydrogen-bond donors (Lipinski definition) is 9. The molecule has 23 heteroatoms. The van der Waals surface area contributed by atoms with E-state index in [1.165, 1.54) is 23.5 Å². The van der Waals surface area contributed by atoms with Gasteiger partial charge in [-0.1, -0.05) is 46.5 Å². The number of Topliss-reactive ketones (excluding diaryl/α,β-unsaturated/α-hetero) is 2. The Morgan fingerprint density at radius 2 is 1.32 bits per heavy atom. The largest absolute Gasteiger partial charge is 0.481 e. The van der Waals surface area contributed by atoms with Gasteiger partial charge in [-0.05, 0) is 43.9 Å². The molecule has 63 heavy (non-hydrogen) atoms. The summed E-state index contributed by atoms with van der Waals surface area (Å²) < 4.78 is -0.976. The zero-order chi connectivity index (χ0) is 47.2. The molecular formula is C40H61N7O14S2. The van der Waals surface area contributed by atoms with E-state index in [1.54, 1.807) is 20.8 Å². The molecule has 10 N–H and O–H groups in total. The van der Waals surface area contributed by atoms with E-state index in [9.17, 15) is 58.2 Å². The first-order chi connectivity index (χ1) is 29.6. The van der Waals surface area contributed by atoms with Crippen LogP contribution in [0.25, 0.3) is 0 Å². The van der Waals surface area contributed by atoms with Gasteiger partial charge >= 0.3 is 17.9 Å². The Morgan fingerprint density at radius 3 is 1.83 bits per heavy atom. The van der Waals surface area contributed by atoms with Gasteiger partial charge in [-0.15, -0.1) is 23.5 Å². The van der Waals surface area contributed by atoms with Crippen LogP contribution in [0.5, 0.6) is 0 Å². The van der Waals surface area contributed by atoms with E-state index < -0.39 is 149 Å². The van der Waals surface area contributed by atoms with E-state index in [4.69, 9.17) is 10.8 Å². The van der Waals surface area contributed by atoms with Crippen LogP contribution in [0.15, 0.2) is 0 Å². The number of thioether (sulfide) groups is 2. The Morgan fingerprint density at radius 1 is 0.762 bits per heavy atom. The maximum Gasteiger partial charge on any atom is 0.323 e. The second-order valence-corrected chi connectivity index (χ2v) is 19.5. The van der Waals surface area contributed by atoms with Crippen LogP contribution in [0.2, 0.25) is 0 Å². The number of nitrogens with one attached hydrogen (secondary N) is 5. The standard InChI is InChI=1S/C40H61N7O14S2/c1-5-9-23(41)33(55)39(61)47(18-28(53)54)38(60)32-29(40(19-42-32)62-16-17-63-40)34(56)31(22-10-7-6-8-11-22)46-37(59)30(20(2)3)45-36(58)25(13-15-27(51)52)44-35(57)24(43-21(4)48)12-14-26(49)50/h20,22-25,29-32,42H,5-19,41H2,1-4H3,(H,43,48)(H,44,57)(H,45,58)(H,46,59)(H,49,50)(H,51,52)(H,53,54)/t23?,24-,25-,29?,30-,31?,32?/m0/s1. The lowest BCUT2D eigenvalue weighted by Crippen LogP contribution is -2.61. The lowest BCUT2D eigenvalue weighted by molar-refractivity contribution is -0.158. The number of carboxylic acid groups (broad SMARTS) is 3. The second kappa shape index (κ2) is 24.5. The molecule has 0 bridgehead atoms. The maximum absolute atomic E-state index is 15.2. The molecule has 6 amide bonds. The van der Waals surface area contributed by atoms with Crippen molar-refractivity contribution in [1.82, 2.24) is 31.5 Å². The van der Waals surface area contributed by atoms with Gasteiger partial charge in [-0.25, -0.2) is 0 Å². The van der Waals surface area contributed by atoms with Crippen LogP contribution >= 0.6 is 23.5 Å². The number of imide groups is 1. The number of nitrogens with two attached hydrogens (primary N) is 1. The molecule has 7 atom stereocenters. The van der Waals surface area contributed by atoms with Crippen LogP contribution in [0.3, 0.4) is 0 Å². The SMILES string of the molecule is CCCC(N)C(=O)C(=O)N(CC(=O)O)C(=O)C1NCC2(SCCS2)C1C(=O)C(NC(=O)[C@@H](NC(=O)[C@H](CCC(=O)O)NC(=O)[C@H](CCC(=O)O)NC(C)=O)C(C)C)C1CCCCC1. The highest BCUT2D eigenvalue weighted by Gasteiger charge is 2.60. The van der Waals surface area contributed by atoms with E-state index in [-0.39, 0.29) is 19.4 Å². The quantitative estimate of drug-likeness (QED) is 0.0545. The molecule has 0 aromatic carbocycles. The molecule has 0 radical (unpaired) electrons. The number of carbonyl (C=O) groups is 11. The van der Waals surface area contributed by atoms with Gasteiger partial charge in [0.2, 0.25) is 35.3 Å². The molecule has 0 aromatic rings. The first-order valence-corrected chi connectivity index (χ1v) is 23.1. The number of rotatable bonds is 24. The third kappa shape index (κ3) is 14.7. The highest BCUT2D eigenvalue weighted by molar-refractivity contribution is 8.21. The van der Waals surface area contributed by atoms with Crippen molar-refractivity contribution >= 4 is 88.4 Å². The van der Waals surface area contributed by atoms with Crippen molar-refractivity contribution in [3.8, 4) is 0 Å².